The second kappa shape index (κ2) is 6.43. The average Bonchev–Trinajstić information content (AvgIpc) is 2.82. The van der Waals surface area contributed by atoms with E-state index in [0.29, 0.717) is 6.42 Å². The lowest BCUT2D eigenvalue weighted by Gasteiger charge is -2.11. The Balaban J connectivity index is 2.13. The van der Waals surface area contributed by atoms with Crippen LogP contribution in [0.3, 0.4) is 0 Å². The minimum absolute atomic E-state index is 0.134. The number of nitrogens with two attached hydrogens (primary N) is 1. The van der Waals surface area contributed by atoms with Gasteiger partial charge in [0.1, 0.15) is 5.75 Å². The minimum atomic E-state index is -0.134. The van der Waals surface area contributed by atoms with E-state index in [9.17, 15) is 4.79 Å². The summed E-state index contributed by atoms with van der Waals surface area (Å²) >= 11 is 0. The summed E-state index contributed by atoms with van der Waals surface area (Å²) in [6.07, 6.45) is 3.36. The minimum Gasteiger partial charge on any atom is -0.490 e. The number of fused-ring (bicyclic) bond motifs is 1. The standard InChI is InChI=1S/C15H21N3O2/c1-11(2)20-14-6-3-5-13-12(14)8-10-18(13)9-4-7-15(19)17-16/h3,5-6,8,10-11H,4,7,9,16H2,1-2H3,(H,17,19). The maximum absolute atomic E-state index is 11.1. The Hall–Kier alpha value is -2.01. The van der Waals surface area contributed by atoms with Crippen LogP contribution in [0, 0.1) is 0 Å². The lowest BCUT2D eigenvalue weighted by Crippen LogP contribution is -2.29. The Kier molecular flexibility index (Phi) is 4.63. The van der Waals surface area contributed by atoms with Crippen molar-refractivity contribution < 1.29 is 9.53 Å². The smallest absolute Gasteiger partial charge is 0.233 e. The zero-order valence-corrected chi connectivity index (χ0v) is 11.9. The molecule has 20 heavy (non-hydrogen) atoms. The topological polar surface area (TPSA) is 69.3 Å². The number of aryl methyl sites for hydroxylation is 1. The third kappa shape index (κ3) is 3.30. The predicted molar refractivity (Wildman–Crippen MR) is 79.3 cm³/mol. The Morgan fingerprint density at radius 2 is 2.20 bits per heavy atom. The number of hydrogen-bond acceptors (Lipinski definition) is 3. The summed E-state index contributed by atoms with van der Waals surface area (Å²) < 4.78 is 7.94. The first-order valence-corrected chi connectivity index (χ1v) is 6.85. The highest BCUT2D eigenvalue weighted by atomic mass is 16.5. The van der Waals surface area contributed by atoms with Crippen LogP contribution in [0.4, 0.5) is 0 Å². The molecular weight excluding hydrogens is 254 g/mol. The molecule has 0 fully saturated rings. The molecule has 1 aromatic carbocycles. The fourth-order valence-electron chi connectivity index (χ4n) is 2.23. The van der Waals surface area contributed by atoms with Crippen LogP contribution in [0.5, 0.6) is 5.75 Å². The molecule has 2 aromatic rings. The van der Waals surface area contributed by atoms with Crippen molar-refractivity contribution >= 4 is 16.8 Å². The number of rotatable bonds is 6. The van der Waals surface area contributed by atoms with E-state index in [0.717, 1.165) is 29.6 Å². The van der Waals surface area contributed by atoms with E-state index in [1.165, 1.54) is 0 Å². The molecule has 5 heteroatoms. The van der Waals surface area contributed by atoms with Crippen molar-refractivity contribution in [2.24, 2.45) is 5.84 Å². The van der Waals surface area contributed by atoms with E-state index in [1.807, 2.05) is 32.2 Å². The van der Waals surface area contributed by atoms with Crippen molar-refractivity contribution in [2.45, 2.75) is 39.3 Å². The SMILES string of the molecule is CC(C)Oc1cccc2c1ccn2CCCC(=O)NN. The molecule has 0 spiro atoms. The quantitative estimate of drug-likeness (QED) is 0.482. The molecule has 0 unspecified atom stereocenters. The average molecular weight is 275 g/mol. The Labute approximate surface area is 118 Å². The van der Waals surface area contributed by atoms with Crippen molar-refractivity contribution in [3.63, 3.8) is 0 Å². The van der Waals surface area contributed by atoms with Crippen LogP contribution in [0.2, 0.25) is 0 Å². The van der Waals surface area contributed by atoms with E-state index >= 15 is 0 Å². The first-order valence-electron chi connectivity index (χ1n) is 6.85. The molecule has 1 heterocycles. The van der Waals surface area contributed by atoms with Crippen molar-refractivity contribution in [2.75, 3.05) is 0 Å². The molecule has 108 valence electrons. The Morgan fingerprint density at radius 1 is 1.40 bits per heavy atom. The molecule has 2 rings (SSSR count). The fourth-order valence-corrected chi connectivity index (χ4v) is 2.23. The van der Waals surface area contributed by atoms with Gasteiger partial charge in [-0.25, -0.2) is 5.84 Å². The fraction of sp³-hybridized carbons (Fsp3) is 0.400. The van der Waals surface area contributed by atoms with Gasteiger partial charge in [-0.3, -0.25) is 10.2 Å². The van der Waals surface area contributed by atoms with Gasteiger partial charge in [0, 0.05) is 24.5 Å². The first kappa shape index (κ1) is 14.4. The second-order valence-corrected chi connectivity index (χ2v) is 5.04. The third-order valence-electron chi connectivity index (χ3n) is 3.10. The molecule has 0 aliphatic heterocycles. The summed E-state index contributed by atoms with van der Waals surface area (Å²) in [5.74, 6) is 5.83. The maximum Gasteiger partial charge on any atom is 0.233 e. The number of benzene rings is 1. The number of hydrogen-bond donors (Lipinski definition) is 2. The number of nitrogens with one attached hydrogen (secondary N) is 1. The number of carbonyl (C=O) groups excluding carboxylic acids is 1. The monoisotopic (exact) mass is 275 g/mol. The van der Waals surface area contributed by atoms with Crippen LogP contribution >= 0.6 is 0 Å². The molecule has 0 saturated carbocycles. The number of hydrazine groups is 1. The van der Waals surface area contributed by atoms with Crippen molar-refractivity contribution in [3.05, 3.63) is 30.5 Å². The third-order valence-corrected chi connectivity index (χ3v) is 3.10. The van der Waals surface area contributed by atoms with E-state index in [-0.39, 0.29) is 12.0 Å². The molecule has 0 aliphatic carbocycles. The van der Waals surface area contributed by atoms with Gasteiger partial charge in [0.05, 0.1) is 11.6 Å². The Bertz CT molecular complexity index is 590. The van der Waals surface area contributed by atoms with Gasteiger partial charge in [-0.15, -0.1) is 0 Å². The van der Waals surface area contributed by atoms with Crippen LogP contribution in [-0.4, -0.2) is 16.6 Å². The van der Waals surface area contributed by atoms with Gasteiger partial charge in [0.15, 0.2) is 0 Å². The number of amides is 1. The van der Waals surface area contributed by atoms with Crippen LogP contribution in [0.1, 0.15) is 26.7 Å². The molecule has 5 nitrogen and oxygen atoms in total. The highest BCUT2D eigenvalue weighted by Gasteiger charge is 2.08. The van der Waals surface area contributed by atoms with Gasteiger partial charge >= 0.3 is 0 Å². The van der Waals surface area contributed by atoms with Crippen LogP contribution < -0.4 is 16.0 Å². The van der Waals surface area contributed by atoms with E-state index in [2.05, 4.69) is 22.1 Å². The molecule has 1 amide bonds. The molecular formula is C15H21N3O2. The highest BCUT2D eigenvalue weighted by Crippen LogP contribution is 2.27. The number of carbonyl (C=O) groups is 1. The van der Waals surface area contributed by atoms with Gasteiger partial charge in [0.2, 0.25) is 5.91 Å². The van der Waals surface area contributed by atoms with Crippen molar-refractivity contribution in [3.8, 4) is 5.75 Å². The highest BCUT2D eigenvalue weighted by molar-refractivity contribution is 5.86. The molecule has 0 saturated heterocycles. The summed E-state index contributed by atoms with van der Waals surface area (Å²) in [4.78, 5) is 11.1. The van der Waals surface area contributed by atoms with Gasteiger partial charge in [-0.05, 0) is 38.5 Å². The first-order chi connectivity index (χ1) is 9.61. The molecule has 0 atom stereocenters. The molecule has 0 bridgehead atoms. The normalized spacial score (nSPS) is 11.0. The molecule has 0 radical (unpaired) electrons. The Morgan fingerprint density at radius 3 is 2.90 bits per heavy atom. The summed E-state index contributed by atoms with van der Waals surface area (Å²) in [5, 5.41) is 1.10. The van der Waals surface area contributed by atoms with E-state index in [4.69, 9.17) is 10.6 Å². The summed E-state index contributed by atoms with van der Waals surface area (Å²) in [5.41, 5.74) is 3.27. The van der Waals surface area contributed by atoms with Crippen molar-refractivity contribution in [1.82, 2.24) is 9.99 Å². The van der Waals surface area contributed by atoms with Gasteiger partial charge in [-0.1, -0.05) is 6.07 Å². The van der Waals surface area contributed by atoms with Crippen LogP contribution in [0.25, 0.3) is 10.9 Å². The molecule has 1 aromatic heterocycles. The van der Waals surface area contributed by atoms with E-state index in [1.54, 1.807) is 0 Å². The second-order valence-electron chi connectivity index (χ2n) is 5.04. The van der Waals surface area contributed by atoms with Crippen LogP contribution in [0.15, 0.2) is 30.5 Å². The predicted octanol–water partition coefficient (Wildman–Crippen LogP) is 2.20. The van der Waals surface area contributed by atoms with E-state index < -0.39 is 0 Å². The largest absolute Gasteiger partial charge is 0.490 e. The number of aromatic nitrogens is 1. The number of ether oxygens (including phenoxy) is 1. The zero-order valence-electron chi connectivity index (χ0n) is 11.9. The lowest BCUT2D eigenvalue weighted by molar-refractivity contribution is -0.121. The van der Waals surface area contributed by atoms with Gasteiger partial charge in [-0.2, -0.15) is 0 Å². The summed E-state index contributed by atoms with van der Waals surface area (Å²) in [6.45, 7) is 4.81. The summed E-state index contributed by atoms with van der Waals surface area (Å²) in [6, 6.07) is 8.08. The van der Waals surface area contributed by atoms with Crippen LogP contribution in [-0.2, 0) is 11.3 Å². The van der Waals surface area contributed by atoms with Gasteiger partial charge in [0.25, 0.3) is 0 Å². The van der Waals surface area contributed by atoms with Gasteiger partial charge < -0.3 is 9.30 Å². The zero-order chi connectivity index (χ0) is 14.5. The maximum atomic E-state index is 11.1. The van der Waals surface area contributed by atoms with Crippen molar-refractivity contribution in [1.29, 1.82) is 0 Å². The number of nitrogens with zero attached hydrogens (tertiary/aromatic N) is 1. The molecule has 0 aliphatic rings. The molecule has 3 N–H and O–H groups in total. The summed E-state index contributed by atoms with van der Waals surface area (Å²) in [7, 11) is 0. The lowest BCUT2D eigenvalue weighted by atomic mass is 10.2.